The molecule has 4 heteroatoms. The fourth-order valence-electron chi connectivity index (χ4n) is 0. The summed E-state index contributed by atoms with van der Waals surface area (Å²) in [6.07, 6.45) is 0. The number of hydrogen-bond acceptors (Lipinski definition) is 1. The molecule has 0 unspecified atom stereocenters. The maximum absolute atomic E-state index is 4.11. The van der Waals surface area contributed by atoms with Crippen LogP contribution in [0.5, 0.6) is 0 Å². The molecule has 22 valence electrons. The fourth-order valence-corrected chi connectivity index (χ4v) is 0. The van der Waals surface area contributed by atoms with Crippen molar-refractivity contribution in [2.45, 2.75) is 0 Å². The minimum atomic E-state index is 0. The van der Waals surface area contributed by atoms with Crippen LogP contribution in [0.2, 0.25) is 0 Å². The summed E-state index contributed by atoms with van der Waals surface area (Å²) < 4.78 is 0. The first kappa shape index (κ1) is 17.1. The molecule has 0 fully saturated rings. The quantitative estimate of drug-likeness (QED) is 0.306. The monoisotopic (exact) mass is 120 g/mol. The van der Waals surface area contributed by atoms with E-state index in [2.05, 4.69) is 11.6 Å². The molecule has 0 aromatic rings. The Morgan fingerprint density at radius 2 is 1.50 bits per heavy atom. The average molecular weight is 120 g/mol. The summed E-state index contributed by atoms with van der Waals surface area (Å²) in [6, 6.07) is 0. The van der Waals surface area contributed by atoms with Crippen LogP contribution in [0.3, 0.4) is 0 Å². The van der Waals surface area contributed by atoms with E-state index in [4.69, 9.17) is 0 Å². The van der Waals surface area contributed by atoms with Gasteiger partial charge in [-0.3, -0.25) is 0 Å². The molecule has 0 atom stereocenters. The van der Waals surface area contributed by atoms with Gasteiger partial charge in [0.05, 0.1) is 8.95 Å². The van der Waals surface area contributed by atoms with E-state index in [1.54, 1.807) is 0 Å². The largest absolute Gasteiger partial charge is 1.00 e. The van der Waals surface area contributed by atoms with E-state index in [1.165, 1.54) is 8.95 Å². The summed E-state index contributed by atoms with van der Waals surface area (Å²) in [6.45, 7) is 0. The van der Waals surface area contributed by atoms with E-state index in [0.29, 0.717) is 0 Å². The minimum Gasteiger partial charge on any atom is -1.00 e. The summed E-state index contributed by atoms with van der Waals surface area (Å²) in [4.78, 5) is 0. The van der Waals surface area contributed by atoms with Crippen LogP contribution in [0.1, 0.15) is 1.43 Å². The Labute approximate surface area is 64.5 Å². The van der Waals surface area contributed by atoms with Crippen LogP contribution in [0.4, 0.5) is 0 Å². The van der Waals surface area contributed by atoms with Crippen LogP contribution >= 0.6 is 25.1 Å². The van der Waals surface area contributed by atoms with Crippen LogP contribution < -0.4 is 29.6 Å². The summed E-state index contributed by atoms with van der Waals surface area (Å²) >= 11 is 4.11. The predicted molar refractivity (Wildman–Crippen MR) is 27.6 cm³/mol. The molecule has 0 aromatic carbocycles. The van der Waals surface area contributed by atoms with Crippen molar-refractivity contribution in [3.05, 3.63) is 0 Å². The molecule has 0 aromatic heterocycles. The van der Waals surface area contributed by atoms with Crippen LogP contribution in [0.25, 0.3) is 0 Å². The maximum atomic E-state index is 4.11. The molecule has 0 aliphatic heterocycles. The van der Waals surface area contributed by atoms with Gasteiger partial charge in [-0.25, -0.2) is 0 Å². The molecule has 0 rings (SSSR count). The first-order valence-corrected chi connectivity index (χ1v) is 2.60. The maximum Gasteiger partial charge on any atom is 1.00 e. The molecular formula is H5NaS2Si. The molecular weight excluding hydrogens is 115 g/mol. The van der Waals surface area contributed by atoms with Crippen LogP contribution in [-0.2, 0) is 0 Å². The fraction of sp³-hybridized carbons (Fsp3) is 0. The van der Waals surface area contributed by atoms with E-state index in [-0.39, 0.29) is 44.5 Å². The van der Waals surface area contributed by atoms with Crippen molar-refractivity contribution in [3.63, 3.8) is 0 Å². The van der Waals surface area contributed by atoms with Gasteiger partial charge in [-0.05, 0) is 0 Å². The smallest absolute Gasteiger partial charge is 1.00 e. The Morgan fingerprint density at radius 1 is 1.50 bits per heavy atom. The van der Waals surface area contributed by atoms with Gasteiger partial charge >= 0.3 is 29.6 Å². The van der Waals surface area contributed by atoms with Gasteiger partial charge in [0.2, 0.25) is 0 Å². The van der Waals surface area contributed by atoms with Crippen molar-refractivity contribution >= 4 is 34.1 Å². The average Bonchev–Trinajstić information content (AvgIpc) is 1.00. The SMILES string of the molecule is S.[H-].[Na+].[SiH2]=S. The first-order chi connectivity index (χ1) is 1.00. The minimum absolute atomic E-state index is 0. The van der Waals surface area contributed by atoms with Gasteiger partial charge in [0.15, 0.2) is 0 Å². The van der Waals surface area contributed by atoms with Crippen molar-refractivity contribution in [3.8, 4) is 0 Å². The molecule has 0 heterocycles. The second-order valence-electron chi connectivity index (χ2n) is 0. The van der Waals surface area contributed by atoms with E-state index in [1.807, 2.05) is 0 Å². The number of rotatable bonds is 0. The molecule has 0 N–H and O–H groups in total. The van der Waals surface area contributed by atoms with Gasteiger partial charge in [0.1, 0.15) is 0 Å². The van der Waals surface area contributed by atoms with Crippen molar-refractivity contribution < 1.29 is 31.0 Å². The van der Waals surface area contributed by atoms with Gasteiger partial charge in [0, 0.05) is 0 Å². The molecule has 0 saturated carbocycles. The summed E-state index contributed by atoms with van der Waals surface area (Å²) in [5.41, 5.74) is 0. The zero-order valence-electron chi connectivity index (χ0n) is 3.62. The van der Waals surface area contributed by atoms with Crippen LogP contribution in [0.15, 0.2) is 0 Å². The van der Waals surface area contributed by atoms with E-state index in [9.17, 15) is 0 Å². The van der Waals surface area contributed by atoms with Crippen molar-refractivity contribution in [2.75, 3.05) is 0 Å². The predicted octanol–water partition coefficient (Wildman–Crippen LogP) is -3.04. The Hall–Kier alpha value is 1.79. The van der Waals surface area contributed by atoms with Crippen molar-refractivity contribution in [1.29, 1.82) is 0 Å². The number of hydrogen-bond donors (Lipinski definition) is 0. The zero-order chi connectivity index (χ0) is 2.00. The van der Waals surface area contributed by atoms with E-state index < -0.39 is 0 Å². The second kappa shape index (κ2) is 21.5. The standard InChI is InChI=1S/Na.H2SSi.H2S.H/c;1-2;;/h;2H2;1H2;/q+1;;;-1. The molecule has 0 nitrogen and oxygen atoms in total. The Morgan fingerprint density at radius 3 is 1.50 bits per heavy atom. The van der Waals surface area contributed by atoms with Crippen LogP contribution in [-0.4, -0.2) is 8.95 Å². The van der Waals surface area contributed by atoms with Crippen molar-refractivity contribution in [1.82, 2.24) is 0 Å². The van der Waals surface area contributed by atoms with Gasteiger partial charge in [-0.2, -0.15) is 13.5 Å². The Bertz CT molecular complexity index is 9.61. The second-order valence-corrected chi connectivity index (χ2v) is 0. The van der Waals surface area contributed by atoms with Gasteiger partial charge < -0.3 is 1.43 Å². The molecule has 0 radical (unpaired) electrons. The van der Waals surface area contributed by atoms with Gasteiger partial charge in [-0.15, -0.1) is 11.6 Å². The Kier molecular flexibility index (Phi) is 91.8. The summed E-state index contributed by atoms with van der Waals surface area (Å²) in [5, 5.41) is 0. The molecule has 0 aliphatic rings. The summed E-state index contributed by atoms with van der Waals surface area (Å²) in [7, 11) is 1.44. The van der Waals surface area contributed by atoms with E-state index >= 15 is 0 Å². The normalized spacial score (nSPS) is 1.00. The molecule has 0 aliphatic carbocycles. The third-order valence-corrected chi connectivity index (χ3v) is 0. The molecule has 0 bridgehead atoms. The first-order valence-electron chi connectivity index (χ1n) is 0.289. The van der Waals surface area contributed by atoms with E-state index in [0.717, 1.165) is 0 Å². The van der Waals surface area contributed by atoms with Crippen molar-refractivity contribution in [2.24, 2.45) is 0 Å². The molecule has 0 saturated heterocycles. The van der Waals surface area contributed by atoms with Gasteiger partial charge in [0.25, 0.3) is 0 Å². The Balaban J connectivity index is -0.00000000167. The molecule has 4 heavy (non-hydrogen) atoms. The zero-order valence-corrected chi connectivity index (χ0v) is 7.85. The molecule has 0 spiro atoms. The van der Waals surface area contributed by atoms with Gasteiger partial charge in [-0.1, -0.05) is 0 Å². The third-order valence-electron chi connectivity index (χ3n) is 0. The third kappa shape index (κ3) is 9.21. The van der Waals surface area contributed by atoms with Crippen LogP contribution in [0, 0.1) is 0 Å². The topological polar surface area (TPSA) is 0 Å². The molecule has 0 amide bonds. The summed E-state index contributed by atoms with van der Waals surface area (Å²) in [5.74, 6) is 0.